The van der Waals surface area contributed by atoms with Gasteiger partial charge in [0.1, 0.15) is 0 Å². The molecule has 1 saturated heterocycles. The first-order chi connectivity index (χ1) is 10.5. The average molecular weight is 318 g/mol. The standard InChI is InChI=1S/C15H18N4O2S/c1-9-7-19-12(10(2)17-15(19)22-9)3-4-13(20)18-6-5-11(8-18)14(16)21/h3-4,7,11H,5-6,8H2,1-2H3,(H2,16,21)/b4-3+/t11-/m1/s1. The zero-order valence-corrected chi connectivity index (χ0v) is 13.4. The molecule has 1 fully saturated rings. The molecule has 1 aliphatic heterocycles. The Hall–Kier alpha value is -2.15. The highest BCUT2D eigenvalue weighted by molar-refractivity contribution is 7.17. The van der Waals surface area contributed by atoms with Crippen molar-refractivity contribution in [3.8, 4) is 0 Å². The van der Waals surface area contributed by atoms with E-state index in [0.29, 0.717) is 19.5 Å². The summed E-state index contributed by atoms with van der Waals surface area (Å²) in [7, 11) is 0. The molecule has 0 saturated carbocycles. The van der Waals surface area contributed by atoms with Crippen LogP contribution in [0.5, 0.6) is 0 Å². The quantitative estimate of drug-likeness (QED) is 0.868. The minimum absolute atomic E-state index is 0.0925. The third-order valence-corrected chi connectivity index (χ3v) is 4.85. The molecule has 1 aliphatic rings. The van der Waals surface area contributed by atoms with Crippen molar-refractivity contribution in [2.75, 3.05) is 13.1 Å². The summed E-state index contributed by atoms with van der Waals surface area (Å²) in [6.45, 7) is 4.95. The second kappa shape index (κ2) is 5.57. The van der Waals surface area contributed by atoms with Gasteiger partial charge < -0.3 is 10.6 Å². The number of rotatable bonds is 3. The monoisotopic (exact) mass is 318 g/mol. The van der Waals surface area contributed by atoms with Gasteiger partial charge >= 0.3 is 0 Å². The van der Waals surface area contributed by atoms with Gasteiger partial charge in [0.25, 0.3) is 0 Å². The van der Waals surface area contributed by atoms with Crippen LogP contribution in [-0.4, -0.2) is 39.2 Å². The Bertz CT molecular complexity index is 774. The van der Waals surface area contributed by atoms with Crippen molar-refractivity contribution in [2.45, 2.75) is 20.3 Å². The van der Waals surface area contributed by atoms with Gasteiger partial charge in [0.2, 0.25) is 11.8 Å². The van der Waals surface area contributed by atoms with Crippen LogP contribution in [0.25, 0.3) is 11.0 Å². The molecule has 0 aromatic carbocycles. The Morgan fingerprint density at radius 1 is 1.45 bits per heavy atom. The lowest BCUT2D eigenvalue weighted by Crippen LogP contribution is -2.30. The van der Waals surface area contributed by atoms with Gasteiger partial charge in [0.15, 0.2) is 4.96 Å². The Morgan fingerprint density at radius 2 is 2.23 bits per heavy atom. The fraction of sp³-hybridized carbons (Fsp3) is 0.400. The van der Waals surface area contributed by atoms with Crippen molar-refractivity contribution < 1.29 is 9.59 Å². The third-order valence-electron chi connectivity index (χ3n) is 3.95. The molecular weight excluding hydrogens is 300 g/mol. The molecule has 22 heavy (non-hydrogen) atoms. The molecule has 0 aliphatic carbocycles. The number of fused-ring (bicyclic) bond motifs is 1. The van der Waals surface area contributed by atoms with Crippen molar-refractivity contribution in [3.63, 3.8) is 0 Å². The highest BCUT2D eigenvalue weighted by Crippen LogP contribution is 2.22. The summed E-state index contributed by atoms with van der Waals surface area (Å²) in [4.78, 5) is 31.6. The number of nitrogens with zero attached hydrogens (tertiary/aromatic N) is 3. The summed E-state index contributed by atoms with van der Waals surface area (Å²) in [6, 6.07) is 0. The van der Waals surface area contributed by atoms with Crippen molar-refractivity contribution >= 4 is 34.2 Å². The van der Waals surface area contributed by atoms with E-state index >= 15 is 0 Å². The zero-order chi connectivity index (χ0) is 15.9. The zero-order valence-electron chi connectivity index (χ0n) is 12.6. The molecule has 3 heterocycles. The largest absolute Gasteiger partial charge is 0.369 e. The predicted molar refractivity (Wildman–Crippen MR) is 85.5 cm³/mol. The van der Waals surface area contributed by atoms with Gasteiger partial charge in [-0.05, 0) is 26.3 Å². The fourth-order valence-corrected chi connectivity index (χ4v) is 3.61. The maximum atomic E-state index is 12.2. The van der Waals surface area contributed by atoms with Gasteiger partial charge in [0.05, 0.1) is 17.3 Å². The van der Waals surface area contributed by atoms with E-state index in [1.165, 1.54) is 4.88 Å². The number of carbonyl (C=O) groups excluding carboxylic acids is 2. The lowest BCUT2D eigenvalue weighted by Gasteiger charge is -2.13. The van der Waals surface area contributed by atoms with E-state index in [1.807, 2.05) is 24.4 Å². The molecule has 116 valence electrons. The Labute approximate surface area is 132 Å². The van der Waals surface area contributed by atoms with Gasteiger partial charge in [0, 0.05) is 30.2 Å². The molecule has 7 heteroatoms. The maximum Gasteiger partial charge on any atom is 0.246 e. The SMILES string of the molecule is Cc1cn2c(/C=C/C(=O)N3CC[C@@H](C(N)=O)C3)c(C)nc2s1. The molecular formula is C15H18N4O2S. The number of aryl methyl sites for hydroxylation is 2. The van der Waals surface area contributed by atoms with Crippen LogP contribution in [-0.2, 0) is 9.59 Å². The van der Waals surface area contributed by atoms with Gasteiger partial charge in [-0.2, -0.15) is 0 Å². The minimum Gasteiger partial charge on any atom is -0.369 e. The second-order valence-corrected chi connectivity index (χ2v) is 6.80. The number of amides is 2. The maximum absolute atomic E-state index is 12.2. The van der Waals surface area contributed by atoms with Gasteiger partial charge in [-0.15, -0.1) is 11.3 Å². The van der Waals surface area contributed by atoms with Crippen LogP contribution in [0.4, 0.5) is 0 Å². The molecule has 0 radical (unpaired) electrons. The second-order valence-electron chi connectivity index (χ2n) is 5.58. The minimum atomic E-state index is -0.332. The van der Waals surface area contributed by atoms with E-state index < -0.39 is 0 Å². The number of aromatic nitrogens is 2. The van der Waals surface area contributed by atoms with Gasteiger partial charge in [-0.3, -0.25) is 14.0 Å². The van der Waals surface area contributed by atoms with E-state index in [1.54, 1.807) is 28.4 Å². The molecule has 6 nitrogen and oxygen atoms in total. The smallest absolute Gasteiger partial charge is 0.246 e. The number of imidazole rings is 1. The lowest BCUT2D eigenvalue weighted by atomic mass is 10.1. The molecule has 1 atom stereocenters. The van der Waals surface area contributed by atoms with Crippen molar-refractivity contribution in [1.82, 2.24) is 14.3 Å². The van der Waals surface area contributed by atoms with Crippen molar-refractivity contribution in [3.05, 3.63) is 28.5 Å². The van der Waals surface area contributed by atoms with E-state index in [9.17, 15) is 9.59 Å². The van der Waals surface area contributed by atoms with Gasteiger partial charge in [-0.25, -0.2) is 4.98 Å². The van der Waals surface area contributed by atoms with Crippen LogP contribution in [0.2, 0.25) is 0 Å². The van der Waals surface area contributed by atoms with Crippen LogP contribution in [0, 0.1) is 19.8 Å². The Kier molecular flexibility index (Phi) is 3.74. The molecule has 0 spiro atoms. The number of likely N-dealkylation sites (tertiary alicyclic amines) is 1. The summed E-state index contributed by atoms with van der Waals surface area (Å²) in [6.07, 6.45) is 6.01. The van der Waals surface area contributed by atoms with Crippen LogP contribution < -0.4 is 5.73 Å². The number of hydrogen-bond acceptors (Lipinski definition) is 4. The Balaban J connectivity index is 1.77. The van der Waals surface area contributed by atoms with Crippen molar-refractivity contribution in [2.24, 2.45) is 11.7 Å². The molecule has 3 rings (SSSR count). The molecule has 2 N–H and O–H groups in total. The number of nitrogens with two attached hydrogens (primary N) is 1. The van der Waals surface area contributed by atoms with Gasteiger partial charge in [-0.1, -0.05) is 0 Å². The topological polar surface area (TPSA) is 80.7 Å². The number of primary amides is 1. The van der Waals surface area contributed by atoms with E-state index in [0.717, 1.165) is 16.3 Å². The third kappa shape index (κ3) is 2.64. The molecule has 0 bridgehead atoms. The van der Waals surface area contributed by atoms with Crippen molar-refractivity contribution in [1.29, 1.82) is 0 Å². The predicted octanol–water partition coefficient (Wildman–Crippen LogP) is 1.36. The first-order valence-electron chi connectivity index (χ1n) is 7.17. The first kappa shape index (κ1) is 14.8. The van der Waals surface area contributed by atoms with Crippen LogP contribution >= 0.6 is 11.3 Å². The number of carbonyl (C=O) groups is 2. The highest BCUT2D eigenvalue weighted by Gasteiger charge is 2.28. The van der Waals surface area contributed by atoms with E-state index in [4.69, 9.17) is 5.73 Å². The highest BCUT2D eigenvalue weighted by atomic mass is 32.1. The summed E-state index contributed by atoms with van der Waals surface area (Å²) in [5.74, 6) is -0.647. The number of thiazole rings is 1. The first-order valence-corrected chi connectivity index (χ1v) is 7.98. The van der Waals surface area contributed by atoms with Crippen LogP contribution in [0.15, 0.2) is 12.3 Å². The van der Waals surface area contributed by atoms with Crippen LogP contribution in [0.1, 0.15) is 22.7 Å². The molecule has 2 aromatic heterocycles. The number of hydrogen-bond donors (Lipinski definition) is 1. The summed E-state index contributed by atoms with van der Waals surface area (Å²) in [5, 5.41) is 0. The van der Waals surface area contributed by atoms with E-state index in [2.05, 4.69) is 4.98 Å². The Morgan fingerprint density at radius 3 is 2.91 bits per heavy atom. The summed E-state index contributed by atoms with van der Waals surface area (Å²) >= 11 is 1.62. The average Bonchev–Trinajstić information content (AvgIpc) is 3.11. The summed E-state index contributed by atoms with van der Waals surface area (Å²) in [5.41, 5.74) is 7.10. The van der Waals surface area contributed by atoms with Crippen LogP contribution in [0.3, 0.4) is 0 Å². The fourth-order valence-electron chi connectivity index (χ4n) is 2.73. The molecule has 0 unspecified atom stereocenters. The molecule has 2 aromatic rings. The summed E-state index contributed by atoms with van der Waals surface area (Å²) < 4.78 is 2.00. The molecule has 2 amide bonds. The normalized spacial score (nSPS) is 18.6. The van der Waals surface area contributed by atoms with E-state index in [-0.39, 0.29) is 17.7 Å². The lowest BCUT2D eigenvalue weighted by molar-refractivity contribution is -0.125.